The Bertz CT molecular complexity index is 649. The minimum Gasteiger partial charge on any atom is -0.473 e. The van der Waals surface area contributed by atoms with Crippen LogP contribution in [0.4, 0.5) is 10.5 Å². The summed E-state index contributed by atoms with van der Waals surface area (Å²) < 4.78 is 7.50. The van der Waals surface area contributed by atoms with Gasteiger partial charge in [-0.2, -0.15) is 0 Å². The quantitative estimate of drug-likeness (QED) is 0.805. The highest BCUT2D eigenvalue weighted by molar-refractivity contribution is 5.94. The number of carbonyl (C=O) groups excluding carboxylic acids is 1. The normalized spacial score (nSPS) is 11.0. The SMILES string of the molecule is CCCCNC(=O)Nc1ccc2c(c1)c(OC(C)C)nn2C. The molecule has 2 rings (SSSR count). The summed E-state index contributed by atoms with van der Waals surface area (Å²) in [6.07, 6.45) is 2.08. The van der Waals surface area contributed by atoms with Gasteiger partial charge >= 0.3 is 6.03 Å². The zero-order chi connectivity index (χ0) is 16.1. The number of benzene rings is 1. The van der Waals surface area contributed by atoms with Crippen LogP contribution in [0.25, 0.3) is 10.9 Å². The van der Waals surface area contributed by atoms with Crippen molar-refractivity contribution in [3.63, 3.8) is 0 Å². The Morgan fingerprint density at radius 2 is 2.18 bits per heavy atom. The second kappa shape index (κ2) is 7.15. The maximum Gasteiger partial charge on any atom is 0.319 e. The highest BCUT2D eigenvalue weighted by atomic mass is 16.5. The molecule has 0 saturated heterocycles. The third-order valence-corrected chi connectivity index (χ3v) is 3.24. The lowest BCUT2D eigenvalue weighted by molar-refractivity contribution is 0.233. The first-order valence-electron chi connectivity index (χ1n) is 7.69. The molecule has 6 heteroatoms. The maximum absolute atomic E-state index is 11.8. The summed E-state index contributed by atoms with van der Waals surface area (Å²) in [4.78, 5) is 11.8. The Morgan fingerprint density at radius 3 is 2.86 bits per heavy atom. The molecular formula is C16H24N4O2. The number of unbranched alkanes of at least 4 members (excludes halogenated alkanes) is 1. The molecule has 120 valence electrons. The summed E-state index contributed by atoms with van der Waals surface area (Å²) in [5.41, 5.74) is 1.69. The van der Waals surface area contributed by atoms with E-state index in [9.17, 15) is 4.79 Å². The number of anilines is 1. The third kappa shape index (κ3) is 3.90. The van der Waals surface area contributed by atoms with Gasteiger partial charge in [0.15, 0.2) is 0 Å². The number of aromatic nitrogens is 2. The number of rotatable bonds is 6. The van der Waals surface area contributed by atoms with E-state index in [1.165, 1.54) is 0 Å². The molecule has 0 saturated carbocycles. The van der Waals surface area contributed by atoms with Gasteiger partial charge in [-0.1, -0.05) is 13.3 Å². The number of fused-ring (bicyclic) bond motifs is 1. The van der Waals surface area contributed by atoms with Crippen LogP contribution < -0.4 is 15.4 Å². The topological polar surface area (TPSA) is 68.2 Å². The molecule has 0 unspecified atom stereocenters. The fourth-order valence-corrected chi connectivity index (χ4v) is 2.18. The number of urea groups is 1. The largest absolute Gasteiger partial charge is 0.473 e. The average Bonchev–Trinajstić information content (AvgIpc) is 2.74. The molecule has 0 aliphatic heterocycles. The molecule has 0 spiro atoms. The smallest absolute Gasteiger partial charge is 0.319 e. The van der Waals surface area contributed by atoms with E-state index in [0.29, 0.717) is 12.4 Å². The summed E-state index contributed by atoms with van der Waals surface area (Å²) in [6.45, 7) is 6.69. The predicted octanol–water partition coefficient (Wildman–Crippen LogP) is 3.28. The molecule has 2 N–H and O–H groups in total. The number of hydrogen-bond donors (Lipinski definition) is 2. The number of ether oxygens (including phenoxy) is 1. The van der Waals surface area contributed by atoms with Gasteiger partial charge in [-0.05, 0) is 38.5 Å². The van der Waals surface area contributed by atoms with Gasteiger partial charge in [0.1, 0.15) is 0 Å². The summed E-state index contributed by atoms with van der Waals surface area (Å²) in [6, 6.07) is 5.49. The third-order valence-electron chi connectivity index (χ3n) is 3.24. The van der Waals surface area contributed by atoms with E-state index in [1.54, 1.807) is 4.68 Å². The summed E-state index contributed by atoms with van der Waals surface area (Å²) in [5.74, 6) is 0.586. The van der Waals surface area contributed by atoms with Crippen LogP contribution in [0.5, 0.6) is 5.88 Å². The number of nitrogens with one attached hydrogen (secondary N) is 2. The first-order valence-corrected chi connectivity index (χ1v) is 7.69. The van der Waals surface area contributed by atoms with Crippen molar-refractivity contribution in [1.82, 2.24) is 15.1 Å². The molecule has 0 fully saturated rings. The molecule has 22 heavy (non-hydrogen) atoms. The molecule has 0 radical (unpaired) electrons. The van der Waals surface area contributed by atoms with Gasteiger partial charge in [-0.15, -0.1) is 5.10 Å². The van der Waals surface area contributed by atoms with Gasteiger partial charge in [-0.3, -0.25) is 4.68 Å². The van der Waals surface area contributed by atoms with Crippen LogP contribution in [0.2, 0.25) is 0 Å². The summed E-state index contributed by atoms with van der Waals surface area (Å²) in [5, 5.41) is 10.9. The van der Waals surface area contributed by atoms with Crippen LogP contribution in [0.1, 0.15) is 33.6 Å². The van der Waals surface area contributed by atoms with Crippen molar-refractivity contribution < 1.29 is 9.53 Å². The van der Waals surface area contributed by atoms with Gasteiger partial charge < -0.3 is 15.4 Å². The van der Waals surface area contributed by atoms with Crippen LogP contribution in [0, 0.1) is 0 Å². The van der Waals surface area contributed by atoms with E-state index >= 15 is 0 Å². The first kappa shape index (κ1) is 16.1. The minimum atomic E-state index is -0.192. The zero-order valence-electron chi connectivity index (χ0n) is 13.6. The summed E-state index contributed by atoms with van der Waals surface area (Å²) in [7, 11) is 1.88. The van der Waals surface area contributed by atoms with E-state index in [4.69, 9.17) is 4.74 Å². The minimum absolute atomic E-state index is 0.0482. The second-order valence-corrected chi connectivity index (χ2v) is 5.56. The van der Waals surface area contributed by atoms with Gasteiger partial charge in [0.05, 0.1) is 17.0 Å². The van der Waals surface area contributed by atoms with Crippen molar-refractivity contribution in [2.24, 2.45) is 7.05 Å². The monoisotopic (exact) mass is 304 g/mol. The number of amides is 2. The Morgan fingerprint density at radius 1 is 1.41 bits per heavy atom. The Hall–Kier alpha value is -2.24. The standard InChI is InChI=1S/C16H24N4O2/c1-5-6-9-17-16(21)18-12-7-8-14-13(10-12)15(19-20(14)4)22-11(2)3/h7-8,10-11H,5-6,9H2,1-4H3,(H2,17,18,21). The Balaban J connectivity index is 2.16. The van der Waals surface area contributed by atoms with Crippen LogP contribution in [0.3, 0.4) is 0 Å². The van der Waals surface area contributed by atoms with E-state index in [0.717, 1.165) is 29.4 Å². The van der Waals surface area contributed by atoms with Gasteiger partial charge in [0.2, 0.25) is 5.88 Å². The highest BCUT2D eigenvalue weighted by Crippen LogP contribution is 2.28. The second-order valence-electron chi connectivity index (χ2n) is 5.56. The van der Waals surface area contributed by atoms with Crippen LogP contribution in [-0.2, 0) is 7.05 Å². The van der Waals surface area contributed by atoms with Crippen molar-refractivity contribution in [3.05, 3.63) is 18.2 Å². The number of hydrogen-bond acceptors (Lipinski definition) is 3. The van der Waals surface area contributed by atoms with Crippen molar-refractivity contribution >= 4 is 22.6 Å². The molecule has 0 atom stereocenters. The van der Waals surface area contributed by atoms with Crippen molar-refractivity contribution in [1.29, 1.82) is 0 Å². The lowest BCUT2D eigenvalue weighted by atomic mass is 10.2. The number of aryl methyl sites for hydroxylation is 1. The maximum atomic E-state index is 11.8. The Kier molecular flexibility index (Phi) is 5.25. The molecule has 1 aromatic heterocycles. The molecule has 0 bridgehead atoms. The van der Waals surface area contributed by atoms with Gasteiger partial charge in [0.25, 0.3) is 0 Å². The average molecular weight is 304 g/mol. The molecule has 6 nitrogen and oxygen atoms in total. The van der Waals surface area contributed by atoms with Crippen LogP contribution in [0.15, 0.2) is 18.2 Å². The fourth-order valence-electron chi connectivity index (χ4n) is 2.18. The van der Waals surface area contributed by atoms with E-state index in [1.807, 2.05) is 39.1 Å². The molecule has 1 aromatic carbocycles. The van der Waals surface area contributed by atoms with Crippen molar-refractivity contribution in [2.45, 2.75) is 39.7 Å². The van der Waals surface area contributed by atoms with E-state index in [-0.39, 0.29) is 12.1 Å². The van der Waals surface area contributed by atoms with Gasteiger partial charge in [0, 0.05) is 19.3 Å². The fraction of sp³-hybridized carbons (Fsp3) is 0.500. The molecule has 2 amide bonds. The van der Waals surface area contributed by atoms with Crippen LogP contribution in [-0.4, -0.2) is 28.5 Å². The van der Waals surface area contributed by atoms with Crippen LogP contribution >= 0.6 is 0 Å². The molecule has 0 aliphatic carbocycles. The van der Waals surface area contributed by atoms with E-state index in [2.05, 4.69) is 22.7 Å². The highest BCUT2D eigenvalue weighted by Gasteiger charge is 2.12. The number of nitrogens with zero attached hydrogens (tertiary/aromatic N) is 2. The predicted molar refractivity (Wildman–Crippen MR) is 88.4 cm³/mol. The van der Waals surface area contributed by atoms with Crippen molar-refractivity contribution in [2.75, 3.05) is 11.9 Å². The lowest BCUT2D eigenvalue weighted by Gasteiger charge is -2.08. The molecular weight excluding hydrogens is 280 g/mol. The first-order chi connectivity index (χ1) is 10.5. The van der Waals surface area contributed by atoms with E-state index < -0.39 is 0 Å². The zero-order valence-corrected chi connectivity index (χ0v) is 13.6. The Labute approximate surface area is 130 Å². The molecule has 1 heterocycles. The summed E-state index contributed by atoms with van der Waals surface area (Å²) >= 11 is 0. The lowest BCUT2D eigenvalue weighted by Crippen LogP contribution is -2.29. The molecule has 0 aliphatic rings. The number of carbonyl (C=O) groups is 1. The van der Waals surface area contributed by atoms with Crippen molar-refractivity contribution in [3.8, 4) is 5.88 Å². The van der Waals surface area contributed by atoms with Gasteiger partial charge in [-0.25, -0.2) is 4.79 Å². The molecule has 2 aromatic rings.